The zero-order valence-corrected chi connectivity index (χ0v) is 12.8. The predicted octanol–water partition coefficient (Wildman–Crippen LogP) is 3.32. The summed E-state index contributed by atoms with van der Waals surface area (Å²) in [7, 11) is 0. The molecule has 0 saturated carbocycles. The van der Waals surface area contributed by atoms with Crippen molar-refractivity contribution in [1.29, 1.82) is 0 Å². The van der Waals surface area contributed by atoms with E-state index >= 15 is 0 Å². The van der Waals surface area contributed by atoms with Gasteiger partial charge in [-0.05, 0) is 38.1 Å². The summed E-state index contributed by atoms with van der Waals surface area (Å²) in [4.78, 5) is 8.47. The molecule has 0 atom stereocenters. The van der Waals surface area contributed by atoms with E-state index in [1.807, 2.05) is 12.1 Å². The van der Waals surface area contributed by atoms with E-state index in [1.165, 1.54) is 12.3 Å². The Kier molecular flexibility index (Phi) is 4.85. The minimum Gasteiger partial charge on any atom is -0.471 e. The molecule has 4 nitrogen and oxygen atoms in total. The number of hydrogen-bond donors (Lipinski definition) is 1. The van der Waals surface area contributed by atoms with Gasteiger partial charge in [-0.1, -0.05) is 17.7 Å². The molecule has 3 rings (SSSR count). The molecule has 116 valence electrons. The molecule has 0 unspecified atom stereocenters. The first-order chi connectivity index (χ1) is 10.7. The molecule has 2 aromatic rings. The first-order valence-corrected chi connectivity index (χ1v) is 7.70. The summed E-state index contributed by atoms with van der Waals surface area (Å²) in [5.74, 6) is 0.476. The van der Waals surface area contributed by atoms with Crippen molar-refractivity contribution in [2.45, 2.75) is 25.4 Å². The van der Waals surface area contributed by atoms with Gasteiger partial charge < -0.3 is 10.1 Å². The summed E-state index contributed by atoms with van der Waals surface area (Å²) in [6, 6.07) is 6.94. The molecule has 1 N–H and O–H groups in total. The number of rotatable bonds is 4. The highest BCUT2D eigenvalue weighted by molar-refractivity contribution is 6.30. The topological polar surface area (TPSA) is 47.0 Å². The Morgan fingerprint density at radius 3 is 2.91 bits per heavy atom. The largest absolute Gasteiger partial charge is 0.471 e. The monoisotopic (exact) mass is 321 g/mol. The molecule has 1 aliphatic rings. The minimum absolute atomic E-state index is 0.0334. The van der Waals surface area contributed by atoms with Crippen LogP contribution in [-0.2, 0) is 6.61 Å². The summed E-state index contributed by atoms with van der Waals surface area (Å²) in [5.41, 5.74) is 1.25. The average Bonchev–Trinajstić information content (AvgIpc) is 2.55. The van der Waals surface area contributed by atoms with Crippen LogP contribution in [0.2, 0.25) is 5.02 Å². The standard InChI is InChI=1S/C16H17ClFN3O/c17-12-8-13(18)15(20-9-12)10-22-16-3-1-2-14(21-16)11-4-6-19-7-5-11/h1-3,8-9,11,19H,4-7,10H2. The Morgan fingerprint density at radius 2 is 2.14 bits per heavy atom. The van der Waals surface area contributed by atoms with Crippen molar-refractivity contribution in [3.8, 4) is 5.88 Å². The second-order valence-electron chi connectivity index (χ2n) is 5.30. The Balaban J connectivity index is 1.67. The molecule has 1 saturated heterocycles. The number of pyridine rings is 2. The summed E-state index contributed by atoms with van der Waals surface area (Å²) >= 11 is 5.68. The van der Waals surface area contributed by atoms with E-state index in [0.717, 1.165) is 31.6 Å². The van der Waals surface area contributed by atoms with Crippen molar-refractivity contribution in [1.82, 2.24) is 15.3 Å². The lowest BCUT2D eigenvalue weighted by Gasteiger charge is -2.22. The molecule has 0 amide bonds. The second kappa shape index (κ2) is 7.03. The Hall–Kier alpha value is -1.72. The Morgan fingerprint density at radius 1 is 1.32 bits per heavy atom. The molecular weight excluding hydrogens is 305 g/mol. The number of nitrogens with zero attached hydrogens (tertiary/aromatic N) is 2. The lowest BCUT2D eigenvalue weighted by atomic mass is 9.94. The zero-order chi connectivity index (χ0) is 15.4. The first kappa shape index (κ1) is 15.2. The van der Waals surface area contributed by atoms with E-state index in [4.69, 9.17) is 16.3 Å². The van der Waals surface area contributed by atoms with Gasteiger partial charge in [-0.2, -0.15) is 0 Å². The Bertz CT molecular complexity index is 647. The molecule has 1 fully saturated rings. The number of piperidine rings is 1. The van der Waals surface area contributed by atoms with Crippen molar-refractivity contribution in [2.75, 3.05) is 13.1 Å². The summed E-state index contributed by atoms with van der Waals surface area (Å²) in [5, 5.41) is 3.61. The molecule has 2 aromatic heterocycles. The SMILES string of the molecule is Fc1cc(Cl)cnc1COc1cccc(C2CCNCC2)n1. The van der Waals surface area contributed by atoms with E-state index in [0.29, 0.717) is 11.8 Å². The van der Waals surface area contributed by atoms with Crippen LogP contribution in [-0.4, -0.2) is 23.1 Å². The van der Waals surface area contributed by atoms with Crippen LogP contribution in [0.25, 0.3) is 0 Å². The molecule has 3 heterocycles. The third-order valence-corrected chi connectivity index (χ3v) is 3.95. The summed E-state index contributed by atoms with van der Waals surface area (Å²) < 4.78 is 19.2. The molecule has 0 bridgehead atoms. The third-order valence-electron chi connectivity index (χ3n) is 3.74. The molecule has 0 aromatic carbocycles. The molecule has 22 heavy (non-hydrogen) atoms. The van der Waals surface area contributed by atoms with Crippen LogP contribution in [0.15, 0.2) is 30.5 Å². The van der Waals surface area contributed by atoms with Gasteiger partial charge in [0, 0.05) is 23.9 Å². The van der Waals surface area contributed by atoms with Crippen LogP contribution in [0.4, 0.5) is 4.39 Å². The normalized spacial score (nSPS) is 15.7. The zero-order valence-electron chi connectivity index (χ0n) is 12.1. The van der Waals surface area contributed by atoms with Crippen molar-refractivity contribution < 1.29 is 9.13 Å². The molecule has 0 spiro atoms. The van der Waals surface area contributed by atoms with Crippen molar-refractivity contribution in [2.24, 2.45) is 0 Å². The van der Waals surface area contributed by atoms with Gasteiger partial charge in [-0.15, -0.1) is 0 Å². The lowest BCUT2D eigenvalue weighted by molar-refractivity contribution is 0.280. The third kappa shape index (κ3) is 3.72. The fourth-order valence-electron chi connectivity index (χ4n) is 2.55. The Labute approximate surface area is 133 Å². The van der Waals surface area contributed by atoms with E-state index in [2.05, 4.69) is 15.3 Å². The summed E-state index contributed by atoms with van der Waals surface area (Å²) in [6.45, 7) is 2.06. The second-order valence-corrected chi connectivity index (χ2v) is 5.73. The minimum atomic E-state index is -0.470. The molecule has 0 radical (unpaired) electrons. The highest BCUT2D eigenvalue weighted by Gasteiger charge is 2.17. The van der Waals surface area contributed by atoms with Crippen molar-refractivity contribution >= 4 is 11.6 Å². The molecule has 1 aliphatic heterocycles. The number of hydrogen-bond acceptors (Lipinski definition) is 4. The van der Waals surface area contributed by atoms with E-state index in [1.54, 1.807) is 6.07 Å². The van der Waals surface area contributed by atoms with Gasteiger partial charge in [0.2, 0.25) is 5.88 Å². The van der Waals surface area contributed by atoms with Gasteiger partial charge in [-0.25, -0.2) is 9.37 Å². The lowest BCUT2D eigenvalue weighted by Crippen LogP contribution is -2.27. The highest BCUT2D eigenvalue weighted by atomic mass is 35.5. The van der Waals surface area contributed by atoms with Crippen molar-refractivity contribution in [3.05, 3.63) is 52.7 Å². The van der Waals surface area contributed by atoms with E-state index in [-0.39, 0.29) is 17.3 Å². The van der Waals surface area contributed by atoms with Gasteiger partial charge in [0.15, 0.2) is 0 Å². The number of halogens is 2. The van der Waals surface area contributed by atoms with Crippen LogP contribution < -0.4 is 10.1 Å². The maximum atomic E-state index is 13.7. The van der Waals surface area contributed by atoms with Gasteiger partial charge >= 0.3 is 0 Å². The van der Waals surface area contributed by atoms with Crippen LogP contribution in [0.5, 0.6) is 5.88 Å². The molecular formula is C16H17ClFN3O. The maximum Gasteiger partial charge on any atom is 0.213 e. The average molecular weight is 322 g/mol. The maximum absolute atomic E-state index is 13.7. The van der Waals surface area contributed by atoms with Crippen LogP contribution >= 0.6 is 11.6 Å². The molecule has 6 heteroatoms. The predicted molar refractivity (Wildman–Crippen MR) is 82.6 cm³/mol. The fraction of sp³-hybridized carbons (Fsp3) is 0.375. The van der Waals surface area contributed by atoms with Gasteiger partial charge in [0.25, 0.3) is 0 Å². The van der Waals surface area contributed by atoms with Crippen molar-refractivity contribution in [3.63, 3.8) is 0 Å². The fourth-order valence-corrected chi connectivity index (χ4v) is 2.69. The summed E-state index contributed by atoms with van der Waals surface area (Å²) in [6.07, 6.45) is 3.55. The van der Waals surface area contributed by atoms with Crippen LogP contribution in [0.1, 0.15) is 30.1 Å². The number of ether oxygens (including phenoxy) is 1. The van der Waals surface area contributed by atoms with E-state index < -0.39 is 5.82 Å². The van der Waals surface area contributed by atoms with Crippen LogP contribution in [0.3, 0.4) is 0 Å². The number of aromatic nitrogens is 2. The van der Waals surface area contributed by atoms with E-state index in [9.17, 15) is 4.39 Å². The molecule has 0 aliphatic carbocycles. The van der Waals surface area contributed by atoms with Gasteiger partial charge in [-0.3, -0.25) is 4.98 Å². The van der Waals surface area contributed by atoms with Gasteiger partial charge in [0.05, 0.1) is 5.02 Å². The smallest absolute Gasteiger partial charge is 0.213 e. The van der Waals surface area contributed by atoms with Gasteiger partial charge in [0.1, 0.15) is 18.1 Å². The number of nitrogens with one attached hydrogen (secondary N) is 1. The highest BCUT2D eigenvalue weighted by Crippen LogP contribution is 2.25. The quantitative estimate of drug-likeness (QED) is 0.938. The first-order valence-electron chi connectivity index (χ1n) is 7.33. The van der Waals surface area contributed by atoms with Crippen LogP contribution in [0, 0.1) is 5.82 Å².